The van der Waals surface area contributed by atoms with Gasteiger partial charge in [-0.25, -0.2) is 0 Å². The summed E-state index contributed by atoms with van der Waals surface area (Å²) in [5.41, 5.74) is 0. The summed E-state index contributed by atoms with van der Waals surface area (Å²) in [6.45, 7) is 1.77. The van der Waals surface area contributed by atoms with Crippen LogP contribution >= 0.6 is 0 Å². The second-order valence-corrected chi connectivity index (χ2v) is 4.66. The highest BCUT2D eigenvalue weighted by atomic mass is 16.5. The van der Waals surface area contributed by atoms with Crippen LogP contribution in [0, 0.1) is 0 Å². The van der Waals surface area contributed by atoms with Gasteiger partial charge >= 0.3 is 0 Å². The number of rotatable bonds is 5. The number of methoxy groups -OCH3 is 1. The number of nitrogens with one attached hydrogen (secondary N) is 1. The van der Waals surface area contributed by atoms with Crippen molar-refractivity contribution in [2.45, 2.75) is 25.0 Å². The summed E-state index contributed by atoms with van der Waals surface area (Å²) in [7, 11) is 5.79. The zero-order valence-corrected chi connectivity index (χ0v) is 10.6. The fourth-order valence-electron chi connectivity index (χ4n) is 1.91. The third-order valence-corrected chi connectivity index (χ3v) is 2.99. The molecule has 96 valence electrons. The summed E-state index contributed by atoms with van der Waals surface area (Å²) in [6, 6.07) is 0.139. The van der Waals surface area contributed by atoms with E-state index in [0.717, 1.165) is 31.8 Å². The molecule has 2 atom stereocenters. The van der Waals surface area contributed by atoms with Crippen LogP contribution in [-0.4, -0.2) is 55.4 Å². The average Bonchev–Trinajstić information content (AvgIpc) is 2.94. The summed E-state index contributed by atoms with van der Waals surface area (Å²) >= 11 is 0. The fourth-order valence-corrected chi connectivity index (χ4v) is 1.91. The molecule has 0 aliphatic carbocycles. The molecule has 0 bridgehead atoms. The highest BCUT2D eigenvalue weighted by Gasteiger charge is 2.29. The topological polar surface area (TPSA) is 63.4 Å². The SMILES string of the molecule is COC1CNC(c2nc(CCN(C)C)no2)C1. The smallest absolute Gasteiger partial charge is 0.243 e. The van der Waals surface area contributed by atoms with Crippen molar-refractivity contribution in [1.82, 2.24) is 20.4 Å². The van der Waals surface area contributed by atoms with Crippen molar-refractivity contribution in [3.05, 3.63) is 11.7 Å². The van der Waals surface area contributed by atoms with Gasteiger partial charge in [-0.2, -0.15) is 4.98 Å². The predicted octanol–water partition coefficient (Wildman–Crippen LogP) is 0.223. The van der Waals surface area contributed by atoms with Gasteiger partial charge in [-0.1, -0.05) is 5.16 Å². The van der Waals surface area contributed by atoms with E-state index in [9.17, 15) is 0 Å². The van der Waals surface area contributed by atoms with Gasteiger partial charge in [0, 0.05) is 26.6 Å². The Morgan fingerprint density at radius 3 is 3.00 bits per heavy atom. The molecule has 2 rings (SSSR count). The predicted molar refractivity (Wildman–Crippen MR) is 62.7 cm³/mol. The first-order valence-corrected chi connectivity index (χ1v) is 5.92. The highest BCUT2D eigenvalue weighted by Crippen LogP contribution is 2.23. The maximum atomic E-state index is 5.29. The van der Waals surface area contributed by atoms with E-state index in [1.54, 1.807) is 7.11 Å². The standard InChI is InChI=1S/C11H20N4O2/c1-15(2)5-4-10-13-11(17-14-10)9-6-8(16-3)7-12-9/h8-9,12H,4-7H2,1-3H3. The number of hydrogen-bond acceptors (Lipinski definition) is 6. The molecule has 1 aliphatic heterocycles. The number of likely N-dealkylation sites (N-methyl/N-ethyl adjacent to an activating group) is 1. The Labute approximate surface area is 101 Å². The summed E-state index contributed by atoms with van der Waals surface area (Å²) in [5, 5.41) is 7.31. The lowest BCUT2D eigenvalue weighted by atomic mass is 10.2. The van der Waals surface area contributed by atoms with Crippen LogP contribution in [0.25, 0.3) is 0 Å². The molecule has 0 amide bonds. The van der Waals surface area contributed by atoms with Crippen LogP contribution in [0.15, 0.2) is 4.52 Å². The number of ether oxygens (including phenoxy) is 1. The number of nitrogens with zero attached hydrogens (tertiary/aromatic N) is 3. The lowest BCUT2D eigenvalue weighted by Crippen LogP contribution is -2.17. The van der Waals surface area contributed by atoms with Crippen LogP contribution < -0.4 is 5.32 Å². The zero-order chi connectivity index (χ0) is 12.3. The van der Waals surface area contributed by atoms with E-state index in [1.807, 2.05) is 14.1 Å². The van der Waals surface area contributed by atoms with Crippen LogP contribution in [0.2, 0.25) is 0 Å². The third kappa shape index (κ3) is 3.24. The molecule has 1 aliphatic rings. The molecule has 0 aromatic carbocycles. The van der Waals surface area contributed by atoms with Crippen LogP contribution in [0.3, 0.4) is 0 Å². The van der Waals surface area contributed by atoms with Crippen molar-refractivity contribution in [3.63, 3.8) is 0 Å². The minimum atomic E-state index is 0.139. The largest absolute Gasteiger partial charge is 0.380 e. The van der Waals surface area contributed by atoms with E-state index in [0.29, 0.717) is 5.89 Å². The van der Waals surface area contributed by atoms with Gasteiger partial charge in [0.2, 0.25) is 5.89 Å². The lowest BCUT2D eigenvalue weighted by Gasteiger charge is -2.05. The van der Waals surface area contributed by atoms with E-state index in [4.69, 9.17) is 9.26 Å². The van der Waals surface area contributed by atoms with Gasteiger partial charge in [-0.3, -0.25) is 0 Å². The molecule has 1 saturated heterocycles. The Morgan fingerprint density at radius 1 is 1.53 bits per heavy atom. The lowest BCUT2D eigenvalue weighted by molar-refractivity contribution is 0.116. The van der Waals surface area contributed by atoms with E-state index < -0.39 is 0 Å². The Kier molecular flexibility index (Phi) is 4.09. The van der Waals surface area contributed by atoms with Gasteiger partial charge in [0.1, 0.15) is 0 Å². The minimum absolute atomic E-state index is 0.139. The van der Waals surface area contributed by atoms with Crippen LogP contribution in [0.4, 0.5) is 0 Å². The first-order chi connectivity index (χ1) is 8.19. The van der Waals surface area contributed by atoms with Crippen molar-refractivity contribution < 1.29 is 9.26 Å². The number of aromatic nitrogens is 2. The molecule has 1 fully saturated rings. The Morgan fingerprint density at radius 2 is 2.35 bits per heavy atom. The van der Waals surface area contributed by atoms with E-state index in [-0.39, 0.29) is 12.1 Å². The van der Waals surface area contributed by atoms with Gasteiger partial charge in [0.15, 0.2) is 5.82 Å². The molecule has 0 saturated carbocycles. The fraction of sp³-hybridized carbons (Fsp3) is 0.818. The second kappa shape index (κ2) is 5.57. The van der Waals surface area contributed by atoms with Crippen LogP contribution in [0.5, 0.6) is 0 Å². The Hall–Kier alpha value is -0.980. The Balaban J connectivity index is 1.90. The van der Waals surface area contributed by atoms with Gasteiger partial charge in [0.25, 0.3) is 0 Å². The van der Waals surface area contributed by atoms with Crippen molar-refractivity contribution in [1.29, 1.82) is 0 Å². The highest BCUT2D eigenvalue weighted by molar-refractivity contribution is 4.98. The summed E-state index contributed by atoms with van der Waals surface area (Å²) in [6.07, 6.45) is 1.96. The monoisotopic (exact) mass is 240 g/mol. The molecule has 17 heavy (non-hydrogen) atoms. The molecular formula is C11H20N4O2. The Bertz CT molecular complexity index is 353. The number of hydrogen-bond donors (Lipinski definition) is 1. The van der Waals surface area contributed by atoms with Gasteiger partial charge in [-0.15, -0.1) is 0 Å². The molecule has 1 N–H and O–H groups in total. The summed E-state index contributed by atoms with van der Waals surface area (Å²) < 4.78 is 10.6. The van der Waals surface area contributed by atoms with Crippen molar-refractivity contribution >= 4 is 0 Å². The third-order valence-electron chi connectivity index (χ3n) is 2.99. The molecular weight excluding hydrogens is 220 g/mol. The van der Waals surface area contributed by atoms with Crippen LogP contribution in [0.1, 0.15) is 24.2 Å². The maximum Gasteiger partial charge on any atom is 0.243 e. The molecule has 2 heterocycles. The molecule has 1 aromatic rings. The molecule has 0 radical (unpaired) electrons. The molecule has 6 nitrogen and oxygen atoms in total. The van der Waals surface area contributed by atoms with Gasteiger partial charge < -0.3 is 19.5 Å². The first-order valence-electron chi connectivity index (χ1n) is 5.92. The molecule has 0 spiro atoms. The molecule has 6 heteroatoms. The van der Waals surface area contributed by atoms with Crippen molar-refractivity contribution in [3.8, 4) is 0 Å². The maximum absolute atomic E-state index is 5.29. The molecule has 1 aromatic heterocycles. The van der Waals surface area contributed by atoms with Crippen molar-refractivity contribution in [2.24, 2.45) is 0 Å². The minimum Gasteiger partial charge on any atom is -0.380 e. The summed E-state index contributed by atoms with van der Waals surface area (Å²) in [5.74, 6) is 1.45. The first kappa shape index (κ1) is 12.5. The zero-order valence-electron chi connectivity index (χ0n) is 10.6. The van der Waals surface area contributed by atoms with Gasteiger partial charge in [0.05, 0.1) is 12.1 Å². The van der Waals surface area contributed by atoms with Gasteiger partial charge in [-0.05, 0) is 20.5 Å². The summed E-state index contributed by atoms with van der Waals surface area (Å²) in [4.78, 5) is 6.51. The average molecular weight is 240 g/mol. The van der Waals surface area contributed by atoms with Crippen molar-refractivity contribution in [2.75, 3.05) is 34.3 Å². The quantitative estimate of drug-likeness (QED) is 0.794. The van der Waals surface area contributed by atoms with E-state index in [2.05, 4.69) is 20.4 Å². The van der Waals surface area contributed by atoms with E-state index in [1.165, 1.54) is 0 Å². The molecule has 2 unspecified atom stereocenters. The van der Waals surface area contributed by atoms with E-state index >= 15 is 0 Å². The second-order valence-electron chi connectivity index (χ2n) is 4.66. The van der Waals surface area contributed by atoms with Crippen LogP contribution in [-0.2, 0) is 11.2 Å². The normalized spacial score (nSPS) is 24.7.